The minimum absolute atomic E-state index is 0.152. The number of aryl methyl sites for hydroxylation is 1. The zero-order valence-corrected chi connectivity index (χ0v) is 18.4. The zero-order valence-electron chi connectivity index (χ0n) is 17.6. The van der Waals surface area contributed by atoms with Gasteiger partial charge in [-0.1, -0.05) is 32.3 Å². The van der Waals surface area contributed by atoms with Gasteiger partial charge in [0.1, 0.15) is 6.33 Å². The molecule has 5 nitrogen and oxygen atoms in total. The number of nitrogens with zero attached hydrogens (tertiary/aromatic N) is 4. The first kappa shape index (κ1) is 20.6. The number of unbranched alkanes of at least 4 members (excludes halogenated alkanes) is 3. The summed E-state index contributed by atoms with van der Waals surface area (Å²) < 4.78 is 2.01. The van der Waals surface area contributed by atoms with Gasteiger partial charge in [-0.3, -0.25) is 9.69 Å². The van der Waals surface area contributed by atoms with Gasteiger partial charge in [0.05, 0.1) is 11.1 Å². The highest BCUT2D eigenvalue weighted by molar-refractivity contribution is 7.99. The average Bonchev–Trinajstić information content (AvgIpc) is 2.71. The highest BCUT2D eigenvalue weighted by Gasteiger charge is 2.37. The standard InChI is InChI=1S/C23H32N4OS/c1-3-4-5-6-10-29-23(20-11-17(2)24-16-25-20)26-13-18-12-19(15-26)21-8-7-9-22(28)27(21)14-18/h7-9,11,16,18-19,23H,3-6,10,12-15H2,1-2H3/t18-,19+,23?/m1/s1. The maximum atomic E-state index is 12.3. The van der Waals surface area contributed by atoms with Crippen molar-refractivity contribution < 1.29 is 0 Å². The molecular weight excluding hydrogens is 380 g/mol. The molecule has 156 valence electrons. The van der Waals surface area contributed by atoms with Gasteiger partial charge in [-0.25, -0.2) is 9.97 Å². The van der Waals surface area contributed by atoms with Crippen molar-refractivity contribution in [3.05, 3.63) is 58.0 Å². The zero-order chi connectivity index (χ0) is 20.2. The Morgan fingerprint density at radius 2 is 2.07 bits per heavy atom. The molecule has 0 aromatic carbocycles. The van der Waals surface area contributed by atoms with Crippen LogP contribution in [0.2, 0.25) is 0 Å². The quantitative estimate of drug-likeness (QED) is 0.602. The molecule has 2 bridgehead atoms. The number of pyridine rings is 1. The van der Waals surface area contributed by atoms with Crippen molar-refractivity contribution in [3.8, 4) is 0 Å². The van der Waals surface area contributed by atoms with E-state index < -0.39 is 0 Å². The van der Waals surface area contributed by atoms with Crippen LogP contribution in [0.4, 0.5) is 0 Å². The summed E-state index contributed by atoms with van der Waals surface area (Å²) in [6.45, 7) is 7.18. The van der Waals surface area contributed by atoms with Crippen molar-refractivity contribution in [2.75, 3.05) is 18.8 Å². The smallest absolute Gasteiger partial charge is 0.250 e. The van der Waals surface area contributed by atoms with Crippen LogP contribution < -0.4 is 5.56 Å². The molecular formula is C23H32N4OS. The lowest BCUT2D eigenvalue weighted by Crippen LogP contribution is -2.47. The van der Waals surface area contributed by atoms with Crippen LogP contribution in [0.15, 0.2) is 35.4 Å². The van der Waals surface area contributed by atoms with E-state index in [0.717, 1.165) is 36.8 Å². The van der Waals surface area contributed by atoms with E-state index in [0.29, 0.717) is 11.8 Å². The van der Waals surface area contributed by atoms with Crippen LogP contribution in [-0.4, -0.2) is 38.3 Å². The predicted octanol–water partition coefficient (Wildman–Crippen LogP) is 4.38. The first-order valence-electron chi connectivity index (χ1n) is 11.0. The fourth-order valence-corrected chi connectivity index (χ4v) is 6.11. The molecule has 2 aliphatic rings. The van der Waals surface area contributed by atoms with Gasteiger partial charge in [0.15, 0.2) is 0 Å². The summed E-state index contributed by atoms with van der Waals surface area (Å²) in [6, 6.07) is 7.90. The third-order valence-corrected chi connectivity index (χ3v) is 7.57. The second-order valence-electron chi connectivity index (χ2n) is 8.52. The summed E-state index contributed by atoms with van der Waals surface area (Å²) in [7, 11) is 0. The average molecular weight is 413 g/mol. The third kappa shape index (κ3) is 4.75. The highest BCUT2D eigenvalue weighted by atomic mass is 32.2. The Kier molecular flexibility index (Phi) is 6.70. The topological polar surface area (TPSA) is 51.0 Å². The lowest BCUT2D eigenvalue weighted by atomic mass is 9.83. The Morgan fingerprint density at radius 1 is 1.17 bits per heavy atom. The molecule has 2 aromatic rings. The van der Waals surface area contributed by atoms with E-state index in [1.807, 2.05) is 29.3 Å². The predicted molar refractivity (Wildman–Crippen MR) is 119 cm³/mol. The molecule has 6 heteroatoms. The van der Waals surface area contributed by atoms with Gasteiger partial charge in [-0.05, 0) is 43.6 Å². The van der Waals surface area contributed by atoms with E-state index in [2.05, 4.69) is 33.9 Å². The van der Waals surface area contributed by atoms with E-state index in [1.54, 1.807) is 12.4 Å². The number of likely N-dealkylation sites (tertiary alicyclic amines) is 1. The van der Waals surface area contributed by atoms with Crippen LogP contribution in [0.3, 0.4) is 0 Å². The molecule has 3 atom stereocenters. The normalized spacial score (nSPS) is 22.3. The van der Waals surface area contributed by atoms with Crippen molar-refractivity contribution in [1.29, 1.82) is 0 Å². The number of piperidine rings is 1. The number of hydrogen-bond acceptors (Lipinski definition) is 5. The second-order valence-corrected chi connectivity index (χ2v) is 9.71. The van der Waals surface area contributed by atoms with Crippen LogP contribution in [0.1, 0.15) is 67.4 Å². The van der Waals surface area contributed by atoms with Crippen molar-refractivity contribution in [3.63, 3.8) is 0 Å². The van der Waals surface area contributed by atoms with Crippen molar-refractivity contribution in [2.45, 2.75) is 63.8 Å². The first-order valence-corrected chi connectivity index (χ1v) is 12.0. The Hall–Kier alpha value is -1.66. The molecule has 29 heavy (non-hydrogen) atoms. The van der Waals surface area contributed by atoms with Gasteiger partial charge in [0, 0.05) is 43.0 Å². The third-order valence-electron chi connectivity index (χ3n) is 6.19. The SMILES string of the molecule is CCCCCCSC(c1cc(C)ncn1)N1C[C@H]2C[C@@H](C1)c1cccc(=O)n1C2. The molecule has 0 amide bonds. The number of hydrogen-bond donors (Lipinski definition) is 0. The Labute approximate surface area is 177 Å². The number of thioether (sulfide) groups is 1. The molecule has 4 heterocycles. The molecule has 0 radical (unpaired) electrons. The maximum Gasteiger partial charge on any atom is 0.250 e. The molecule has 4 rings (SSSR count). The van der Waals surface area contributed by atoms with Gasteiger partial charge in [-0.15, -0.1) is 11.8 Å². The fourth-order valence-electron chi connectivity index (χ4n) is 4.84. The van der Waals surface area contributed by atoms with Crippen molar-refractivity contribution in [2.24, 2.45) is 5.92 Å². The number of rotatable bonds is 8. The molecule has 2 aromatic heterocycles. The van der Waals surface area contributed by atoms with Crippen molar-refractivity contribution in [1.82, 2.24) is 19.4 Å². The molecule has 0 N–H and O–H groups in total. The van der Waals surface area contributed by atoms with Crippen LogP contribution in [0, 0.1) is 12.8 Å². The number of aromatic nitrogens is 3. The van der Waals surface area contributed by atoms with Crippen LogP contribution in [0.5, 0.6) is 0 Å². The van der Waals surface area contributed by atoms with Gasteiger partial charge >= 0.3 is 0 Å². The summed E-state index contributed by atoms with van der Waals surface area (Å²) in [5, 5.41) is 0.269. The van der Waals surface area contributed by atoms with Gasteiger partial charge in [0.25, 0.3) is 5.56 Å². The summed E-state index contributed by atoms with van der Waals surface area (Å²) in [5.74, 6) is 2.13. The van der Waals surface area contributed by atoms with Crippen LogP contribution in [-0.2, 0) is 6.54 Å². The van der Waals surface area contributed by atoms with E-state index in [9.17, 15) is 4.79 Å². The Bertz CT molecular complexity index is 883. The van der Waals surface area contributed by atoms with E-state index in [4.69, 9.17) is 0 Å². The molecule has 1 fully saturated rings. The van der Waals surface area contributed by atoms with E-state index >= 15 is 0 Å². The van der Waals surface area contributed by atoms with Gasteiger partial charge in [0.2, 0.25) is 0 Å². The summed E-state index contributed by atoms with van der Waals surface area (Å²) in [5.41, 5.74) is 3.52. The molecule has 0 aliphatic carbocycles. The lowest BCUT2D eigenvalue weighted by Gasteiger charge is -2.45. The first-order chi connectivity index (χ1) is 14.2. The highest BCUT2D eigenvalue weighted by Crippen LogP contribution is 2.41. The minimum Gasteiger partial charge on any atom is -0.312 e. The summed E-state index contributed by atoms with van der Waals surface area (Å²) in [6.07, 6.45) is 8.05. The molecule has 1 unspecified atom stereocenters. The van der Waals surface area contributed by atoms with Crippen molar-refractivity contribution >= 4 is 11.8 Å². The number of fused-ring (bicyclic) bond motifs is 4. The van der Waals surface area contributed by atoms with Crippen LogP contribution in [0.25, 0.3) is 0 Å². The van der Waals surface area contributed by atoms with Crippen LogP contribution >= 0.6 is 11.8 Å². The minimum atomic E-state index is 0.152. The Morgan fingerprint density at radius 3 is 2.90 bits per heavy atom. The monoisotopic (exact) mass is 412 g/mol. The molecule has 2 aliphatic heterocycles. The van der Waals surface area contributed by atoms with Gasteiger partial charge in [-0.2, -0.15) is 0 Å². The Balaban J connectivity index is 1.54. The molecule has 0 saturated carbocycles. The lowest BCUT2D eigenvalue weighted by molar-refractivity contribution is 0.109. The second kappa shape index (κ2) is 9.43. The van der Waals surface area contributed by atoms with Gasteiger partial charge < -0.3 is 4.57 Å². The molecule has 1 saturated heterocycles. The van der Waals surface area contributed by atoms with E-state index in [-0.39, 0.29) is 10.9 Å². The van der Waals surface area contributed by atoms with E-state index in [1.165, 1.54) is 37.8 Å². The maximum absolute atomic E-state index is 12.3. The summed E-state index contributed by atoms with van der Waals surface area (Å²) in [4.78, 5) is 23.9. The fraction of sp³-hybridized carbons (Fsp3) is 0.609. The largest absolute Gasteiger partial charge is 0.312 e. The summed E-state index contributed by atoms with van der Waals surface area (Å²) >= 11 is 2.03. The molecule has 0 spiro atoms.